The Hall–Kier alpha value is -0.570. The van der Waals surface area contributed by atoms with Crippen molar-refractivity contribution in [3.63, 3.8) is 0 Å². The van der Waals surface area contributed by atoms with E-state index in [4.69, 9.17) is 9.94 Å². The van der Waals surface area contributed by atoms with E-state index in [0.717, 1.165) is 0 Å². The number of oxime groups is 1. The van der Waals surface area contributed by atoms with Gasteiger partial charge >= 0.3 is 0 Å². The number of epoxide rings is 1. The van der Waals surface area contributed by atoms with Gasteiger partial charge in [0.05, 0.1) is 11.3 Å². The fourth-order valence-electron chi connectivity index (χ4n) is 0.910. The third-order valence-electron chi connectivity index (χ3n) is 1.53. The third-order valence-corrected chi connectivity index (χ3v) is 1.53. The van der Waals surface area contributed by atoms with Crippen LogP contribution in [-0.2, 0) is 4.74 Å². The van der Waals surface area contributed by atoms with Gasteiger partial charge in [0.1, 0.15) is 6.10 Å². The Morgan fingerprint density at radius 1 is 1.67 bits per heavy atom. The smallest absolute Gasteiger partial charge is 0.128 e. The van der Waals surface area contributed by atoms with Crippen LogP contribution in [0.4, 0.5) is 0 Å². The van der Waals surface area contributed by atoms with E-state index in [1.165, 1.54) is 0 Å². The molecule has 1 N–H and O–H groups in total. The van der Waals surface area contributed by atoms with E-state index in [-0.39, 0.29) is 11.7 Å². The summed E-state index contributed by atoms with van der Waals surface area (Å²) in [6.07, 6.45) is 0.0301. The van der Waals surface area contributed by atoms with Crippen LogP contribution in [0.15, 0.2) is 5.16 Å². The molecule has 0 aromatic heterocycles. The summed E-state index contributed by atoms with van der Waals surface area (Å²) < 4.78 is 5.17. The van der Waals surface area contributed by atoms with Crippen LogP contribution in [0.1, 0.15) is 20.8 Å². The summed E-state index contributed by atoms with van der Waals surface area (Å²) in [7, 11) is 0. The van der Waals surface area contributed by atoms with Crippen molar-refractivity contribution in [1.29, 1.82) is 0 Å². The monoisotopic (exact) mass is 129 g/mol. The highest BCUT2D eigenvalue weighted by molar-refractivity contribution is 5.89. The topological polar surface area (TPSA) is 45.1 Å². The summed E-state index contributed by atoms with van der Waals surface area (Å²) in [5.74, 6) is 0. The molecule has 0 bridgehead atoms. The molecule has 1 rings (SSSR count). The first kappa shape index (κ1) is 6.55. The van der Waals surface area contributed by atoms with Crippen molar-refractivity contribution < 1.29 is 9.94 Å². The van der Waals surface area contributed by atoms with Crippen LogP contribution in [0, 0.1) is 0 Å². The van der Waals surface area contributed by atoms with E-state index >= 15 is 0 Å². The Kier molecular flexibility index (Phi) is 1.24. The maximum absolute atomic E-state index is 8.29. The summed E-state index contributed by atoms with van der Waals surface area (Å²) in [4.78, 5) is 0. The molecule has 52 valence electrons. The summed E-state index contributed by atoms with van der Waals surface area (Å²) in [6, 6.07) is 0. The molecule has 0 saturated carbocycles. The predicted octanol–water partition coefficient (Wildman–Crippen LogP) is 1.01. The van der Waals surface area contributed by atoms with Gasteiger partial charge in [0.15, 0.2) is 0 Å². The minimum absolute atomic E-state index is 0.0301. The molecule has 1 aliphatic heterocycles. The molecule has 0 aromatic carbocycles. The maximum atomic E-state index is 8.29. The number of hydrogen-bond donors (Lipinski definition) is 1. The molecule has 0 spiro atoms. The number of ether oxygens (including phenoxy) is 1. The van der Waals surface area contributed by atoms with Crippen molar-refractivity contribution in [2.24, 2.45) is 5.16 Å². The van der Waals surface area contributed by atoms with Gasteiger partial charge < -0.3 is 9.94 Å². The fraction of sp³-hybridized carbons (Fsp3) is 0.833. The van der Waals surface area contributed by atoms with E-state index in [2.05, 4.69) is 5.16 Å². The Balaban J connectivity index is 2.52. The lowest BCUT2D eigenvalue weighted by Gasteiger charge is -1.91. The van der Waals surface area contributed by atoms with Crippen LogP contribution < -0.4 is 0 Å². The molecule has 9 heavy (non-hydrogen) atoms. The first-order valence-electron chi connectivity index (χ1n) is 2.94. The van der Waals surface area contributed by atoms with E-state index in [0.29, 0.717) is 5.71 Å². The molecule has 3 nitrogen and oxygen atoms in total. The molecule has 1 fully saturated rings. The molecule has 1 heterocycles. The Bertz CT molecular complexity index is 151. The maximum Gasteiger partial charge on any atom is 0.128 e. The molecule has 0 radical (unpaired) electrons. The van der Waals surface area contributed by atoms with Crippen molar-refractivity contribution >= 4 is 5.71 Å². The van der Waals surface area contributed by atoms with Crippen LogP contribution in [0.25, 0.3) is 0 Å². The van der Waals surface area contributed by atoms with Crippen LogP contribution in [0.3, 0.4) is 0 Å². The zero-order chi connectivity index (χ0) is 7.07. The minimum Gasteiger partial charge on any atom is -0.411 e. The van der Waals surface area contributed by atoms with Crippen LogP contribution in [0.5, 0.6) is 0 Å². The van der Waals surface area contributed by atoms with Crippen molar-refractivity contribution in [3.05, 3.63) is 0 Å². The third kappa shape index (κ3) is 1.05. The van der Waals surface area contributed by atoms with E-state index in [1.807, 2.05) is 13.8 Å². The van der Waals surface area contributed by atoms with Crippen molar-refractivity contribution in [3.8, 4) is 0 Å². The van der Waals surface area contributed by atoms with Gasteiger partial charge in [0.25, 0.3) is 0 Å². The molecule has 1 unspecified atom stereocenters. The minimum atomic E-state index is -0.101. The van der Waals surface area contributed by atoms with Gasteiger partial charge in [-0.05, 0) is 20.8 Å². The Morgan fingerprint density at radius 2 is 2.11 bits per heavy atom. The summed E-state index contributed by atoms with van der Waals surface area (Å²) in [5, 5.41) is 11.3. The highest BCUT2D eigenvalue weighted by atomic mass is 16.6. The van der Waals surface area contributed by atoms with Crippen molar-refractivity contribution in [1.82, 2.24) is 0 Å². The lowest BCUT2D eigenvalue weighted by atomic mass is 10.1. The molecule has 0 aliphatic carbocycles. The highest BCUT2D eigenvalue weighted by Crippen LogP contribution is 2.35. The Morgan fingerprint density at radius 3 is 2.22 bits per heavy atom. The zero-order valence-corrected chi connectivity index (χ0v) is 5.88. The number of nitrogens with zero attached hydrogens (tertiary/aromatic N) is 1. The zero-order valence-electron chi connectivity index (χ0n) is 5.88. The fourth-order valence-corrected chi connectivity index (χ4v) is 0.910. The van der Waals surface area contributed by atoms with Gasteiger partial charge in [-0.3, -0.25) is 0 Å². The van der Waals surface area contributed by atoms with E-state index in [9.17, 15) is 0 Å². The summed E-state index contributed by atoms with van der Waals surface area (Å²) in [5.41, 5.74) is 0.552. The molecule has 1 atom stereocenters. The average molecular weight is 129 g/mol. The second-order valence-electron chi connectivity index (χ2n) is 2.84. The molecule has 0 amide bonds. The molecular formula is C6H11NO2. The average Bonchev–Trinajstić information content (AvgIpc) is 2.38. The molecule has 1 aliphatic rings. The molecular weight excluding hydrogens is 118 g/mol. The standard InChI is InChI=1S/C6H11NO2/c1-4(7-8)5-6(2,3)9-5/h5,8H,1-3H3/b7-4+. The lowest BCUT2D eigenvalue weighted by molar-refractivity contribution is 0.310. The predicted molar refractivity (Wildman–Crippen MR) is 33.8 cm³/mol. The van der Waals surface area contributed by atoms with Crippen LogP contribution in [-0.4, -0.2) is 22.6 Å². The second kappa shape index (κ2) is 1.70. The first-order valence-corrected chi connectivity index (χ1v) is 2.94. The number of hydrogen-bond acceptors (Lipinski definition) is 3. The second-order valence-corrected chi connectivity index (χ2v) is 2.84. The Labute approximate surface area is 54.3 Å². The summed E-state index contributed by atoms with van der Waals surface area (Å²) >= 11 is 0. The van der Waals surface area contributed by atoms with E-state index < -0.39 is 0 Å². The van der Waals surface area contributed by atoms with Gasteiger partial charge in [-0.25, -0.2) is 0 Å². The summed E-state index contributed by atoms with van der Waals surface area (Å²) in [6.45, 7) is 5.68. The lowest BCUT2D eigenvalue weighted by Crippen LogP contribution is -2.10. The SMILES string of the molecule is C/C(=N\O)C1OC1(C)C. The van der Waals surface area contributed by atoms with Gasteiger partial charge in [0.2, 0.25) is 0 Å². The van der Waals surface area contributed by atoms with E-state index in [1.54, 1.807) is 6.92 Å². The van der Waals surface area contributed by atoms with Crippen LogP contribution in [0.2, 0.25) is 0 Å². The van der Waals surface area contributed by atoms with Gasteiger partial charge in [-0.2, -0.15) is 0 Å². The van der Waals surface area contributed by atoms with Gasteiger partial charge in [-0.1, -0.05) is 5.16 Å². The van der Waals surface area contributed by atoms with Crippen LogP contribution >= 0.6 is 0 Å². The van der Waals surface area contributed by atoms with Crippen molar-refractivity contribution in [2.75, 3.05) is 0 Å². The largest absolute Gasteiger partial charge is 0.411 e. The van der Waals surface area contributed by atoms with Crippen molar-refractivity contribution in [2.45, 2.75) is 32.5 Å². The normalized spacial score (nSPS) is 32.3. The van der Waals surface area contributed by atoms with Gasteiger partial charge in [-0.15, -0.1) is 0 Å². The number of rotatable bonds is 1. The highest BCUT2D eigenvalue weighted by Gasteiger charge is 2.50. The molecule has 1 saturated heterocycles. The first-order chi connectivity index (χ1) is 4.08. The van der Waals surface area contributed by atoms with Gasteiger partial charge in [0, 0.05) is 0 Å². The molecule has 3 heteroatoms. The molecule has 0 aromatic rings. The quantitative estimate of drug-likeness (QED) is 0.248.